The van der Waals surface area contributed by atoms with Crippen LogP contribution in [0.2, 0.25) is 0 Å². The number of nitrogens with zero attached hydrogens (tertiary/aromatic N) is 3. The highest BCUT2D eigenvalue weighted by Crippen LogP contribution is 2.32. The van der Waals surface area contributed by atoms with Crippen LogP contribution in [0.5, 0.6) is 0 Å². The fraction of sp³-hybridized carbons (Fsp3) is 0.660. The van der Waals surface area contributed by atoms with Gasteiger partial charge in [-0.1, -0.05) is 115 Å². The minimum atomic E-state index is -0.608. The first-order valence-corrected chi connectivity index (χ1v) is 22.6. The van der Waals surface area contributed by atoms with Gasteiger partial charge in [-0.05, 0) is 69.2 Å². The van der Waals surface area contributed by atoms with Crippen LogP contribution in [0.4, 0.5) is 0 Å². The minimum absolute atomic E-state index is 0.00272. The molecular weight excluding hydrogens is 769 g/mol. The zero-order valence-electron chi connectivity index (χ0n) is 39.6. The third-order valence-corrected chi connectivity index (χ3v) is 13.1. The predicted molar refractivity (Wildman–Crippen MR) is 243 cm³/mol. The maximum absolute atomic E-state index is 14.4. The molecule has 0 aromatic heterocycles. The zero-order valence-corrected chi connectivity index (χ0v) is 39.6. The predicted octanol–water partition coefficient (Wildman–Crippen LogP) is 7.17. The SMILES string of the molecule is CC[C@H](C)[C@@H]([C@@H](CC(=O)N1CCC[C@H]1[C@H](OC)[C@@H](C)C(=O)C[C@@H](Cc1ccccc1)C(=O)NCc1ccc(C)cc1)OC)N(C)C(=O)[C@@H](CC(=O)[C@H](C(C)C)N(C)C)C(C)C. The number of carbonyl (C=O) groups excluding carboxylic acids is 5. The highest BCUT2D eigenvalue weighted by atomic mass is 16.5. The number of hydrogen-bond acceptors (Lipinski definition) is 8. The van der Waals surface area contributed by atoms with Crippen molar-refractivity contribution in [1.29, 1.82) is 0 Å². The second kappa shape index (κ2) is 24.6. The Kier molecular flexibility index (Phi) is 20.8. The molecule has 1 aliphatic heterocycles. The summed E-state index contributed by atoms with van der Waals surface area (Å²) in [7, 11) is 8.75. The van der Waals surface area contributed by atoms with E-state index in [9.17, 15) is 24.0 Å². The van der Waals surface area contributed by atoms with Crippen molar-refractivity contribution in [2.24, 2.45) is 35.5 Å². The van der Waals surface area contributed by atoms with Gasteiger partial charge in [0, 0.05) is 65.0 Å². The maximum atomic E-state index is 14.4. The smallest absolute Gasteiger partial charge is 0.226 e. The summed E-state index contributed by atoms with van der Waals surface area (Å²) >= 11 is 0. The summed E-state index contributed by atoms with van der Waals surface area (Å²) in [5.74, 6) is -2.12. The summed E-state index contributed by atoms with van der Waals surface area (Å²) in [5.41, 5.74) is 3.10. The number of ether oxygens (including phenoxy) is 2. The first kappa shape index (κ1) is 51.4. The monoisotopic (exact) mass is 847 g/mol. The first-order chi connectivity index (χ1) is 28.9. The number of amides is 3. The molecule has 3 rings (SSSR count). The molecule has 0 unspecified atom stereocenters. The zero-order chi connectivity index (χ0) is 45.6. The lowest BCUT2D eigenvalue weighted by Crippen LogP contribution is -2.54. The van der Waals surface area contributed by atoms with Crippen LogP contribution in [0.1, 0.15) is 104 Å². The summed E-state index contributed by atoms with van der Waals surface area (Å²) in [6.07, 6.45) is 1.63. The topological polar surface area (TPSA) is 126 Å². The van der Waals surface area contributed by atoms with Crippen molar-refractivity contribution >= 4 is 29.3 Å². The third kappa shape index (κ3) is 14.3. The Morgan fingerprint density at radius 2 is 1.44 bits per heavy atom. The Morgan fingerprint density at radius 3 is 1.98 bits per heavy atom. The molecule has 11 nitrogen and oxygen atoms in total. The summed E-state index contributed by atoms with van der Waals surface area (Å²) in [6.45, 7) is 16.9. The highest BCUT2D eigenvalue weighted by Gasteiger charge is 2.43. The molecule has 1 heterocycles. The van der Waals surface area contributed by atoms with E-state index in [0.29, 0.717) is 25.9 Å². The van der Waals surface area contributed by atoms with Crippen molar-refractivity contribution in [3.63, 3.8) is 0 Å². The van der Waals surface area contributed by atoms with Gasteiger partial charge in [-0.25, -0.2) is 0 Å². The number of ketones is 2. The van der Waals surface area contributed by atoms with Gasteiger partial charge in [-0.2, -0.15) is 0 Å². The molecule has 0 aliphatic carbocycles. The average Bonchev–Trinajstić information content (AvgIpc) is 3.71. The summed E-state index contributed by atoms with van der Waals surface area (Å²) < 4.78 is 12.2. The second-order valence-electron chi connectivity index (χ2n) is 18.5. The lowest BCUT2D eigenvalue weighted by atomic mass is 9.83. The normalized spacial score (nSPS) is 18.3. The van der Waals surface area contributed by atoms with Gasteiger partial charge in [0.1, 0.15) is 5.78 Å². The van der Waals surface area contributed by atoms with Crippen LogP contribution >= 0.6 is 0 Å². The summed E-state index contributed by atoms with van der Waals surface area (Å²) in [5, 5.41) is 3.07. The van der Waals surface area contributed by atoms with E-state index in [4.69, 9.17) is 9.47 Å². The Balaban J connectivity index is 1.79. The van der Waals surface area contributed by atoms with Crippen molar-refractivity contribution in [2.45, 2.75) is 137 Å². The molecule has 340 valence electrons. The van der Waals surface area contributed by atoms with E-state index in [2.05, 4.69) is 19.2 Å². The highest BCUT2D eigenvalue weighted by molar-refractivity contribution is 5.90. The lowest BCUT2D eigenvalue weighted by Gasteiger charge is -2.41. The molecule has 0 bridgehead atoms. The number of Topliss-reactive ketones (excluding diaryl/α,β-unsaturated/α-hetero) is 2. The maximum Gasteiger partial charge on any atom is 0.226 e. The first-order valence-electron chi connectivity index (χ1n) is 22.6. The molecule has 0 radical (unpaired) electrons. The molecule has 1 N–H and O–H groups in total. The Morgan fingerprint density at radius 1 is 0.803 bits per heavy atom. The second-order valence-corrected chi connectivity index (χ2v) is 18.5. The molecule has 61 heavy (non-hydrogen) atoms. The Hall–Kier alpha value is -3.93. The fourth-order valence-corrected chi connectivity index (χ4v) is 9.43. The van der Waals surface area contributed by atoms with Crippen LogP contribution in [0.3, 0.4) is 0 Å². The molecule has 2 aromatic carbocycles. The van der Waals surface area contributed by atoms with E-state index in [1.165, 1.54) is 0 Å². The molecule has 1 aliphatic rings. The van der Waals surface area contributed by atoms with E-state index < -0.39 is 36.0 Å². The number of carbonyl (C=O) groups is 5. The van der Waals surface area contributed by atoms with Gasteiger partial charge in [0.05, 0.1) is 36.8 Å². The molecule has 0 saturated carbocycles. The van der Waals surface area contributed by atoms with Crippen molar-refractivity contribution in [1.82, 2.24) is 20.0 Å². The fourth-order valence-electron chi connectivity index (χ4n) is 9.43. The molecule has 0 spiro atoms. The summed E-state index contributed by atoms with van der Waals surface area (Å²) in [4.78, 5) is 75.8. The van der Waals surface area contributed by atoms with E-state index in [1.807, 2.05) is 120 Å². The minimum Gasteiger partial charge on any atom is -0.379 e. The number of hydrogen-bond donors (Lipinski definition) is 1. The number of nitrogens with one attached hydrogen (secondary N) is 1. The van der Waals surface area contributed by atoms with E-state index in [0.717, 1.165) is 29.5 Å². The summed E-state index contributed by atoms with van der Waals surface area (Å²) in [6, 6.07) is 16.7. The Bertz CT molecular complexity index is 1690. The van der Waals surface area contributed by atoms with E-state index >= 15 is 0 Å². The van der Waals surface area contributed by atoms with Crippen molar-refractivity contribution in [2.75, 3.05) is 41.9 Å². The van der Waals surface area contributed by atoms with Gasteiger partial charge >= 0.3 is 0 Å². The van der Waals surface area contributed by atoms with Crippen LogP contribution in [0, 0.1) is 42.4 Å². The van der Waals surface area contributed by atoms with Crippen molar-refractivity contribution in [3.05, 3.63) is 71.3 Å². The molecule has 3 amide bonds. The number of benzene rings is 2. The van der Waals surface area contributed by atoms with Crippen molar-refractivity contribution < 1.29 is 33.4 Å². The Labute approximate surface area is 367 Å². The number of rotatable bonds is 25. The van der Waals surface area contributed by atoms with Gasteiger partial charge < -0.3 is 24.6 Å². The largest absolute Gasteiger partial charge is 0.379 e. The number of likely N-dealkylation sites (N-methyl/N-ethyl adjacent to an activating group) is 2. The van der Waals surface area contributed by atoms with Crippen LogP contribution in [0.15, 0.2) is 54.6 Å². The molecule has 1 saturated heterocycles. The third-order valence-electron chi connectivity index (χ3n) is 13.1. The van der Waals surface area contributed by atoms with Gasteiger partial charge in [0.25, 0.3) is 0 Å². The van der Waals surface area contributed by atoms with E-state index in [-0.39, 0.29) is 78.4 Å². The molecule has 9 atom stereocenters. The van der Waals surface area contributed by atoms with Crippen LogP contribution in [-0.4, -0.2) is 116 Å². The quantitative estimate of drug-likeness (QED) is 0.112. The van der Waals surface area contributed by atoms with Crippen LogP contribution in [0.25, 0.3) is 0 Å². The van der Waals surface area contributed by atoms with Crippen molar-refractivity contribution in [3.8, 4) is 0 Å². The van der Waals surface area contributed by atoms with Gasteiger partial charge in [-0.3, -0.25) is 28.9 Å². The molecule has 1 fully saturated rings. The molecular formula is C50H78N4O7. The molecule has 11 heteroatoms. The van der Waals surface area contributed by atoms with E-state index in [1.54, 1.807) is 26.2 Å². The van der Waals surface area contributed by atoms with Gasteiger partial charge in [0.2, 0.25) is 17.7 Å². The van der Waals surface area contributed by atoms with Gasteiger partial charge in [0.15, 0.2) is 5.78 Å². The standard InChI is InChI=1S/C50H78N4O7/c1-14-35(7)47(53(11)50(59)40(32(2)3)29-43(56)46(33(4)5)52(9)10)44(60-12)30-45(57)54-26-18-21-41(54)48(61-13)36(8)42(55)28-39(27-37-19-16-15-17-20-37)49(58)51-31-38-24-22-34(6)23-25-38/h15-17,19-20,22-25,32-33,35-36,39-41,44,46-48H,14,18,21,26-31H2,1-13H3,(H,51,58)/t35-,36-,39+,40-,41-,44+,46-,47-,48+/m0/s1. The molecule has 2 aromatic rings. The number of aryl methyl sites for hydroxylation is 1. The van der Waals surface area contributed by atoms with Crippen LogP contribution in [-0.2, 0) is 46.4 Å². The number of methoxy groups -OCH3 is 2. The van der Waals surface area contributed by atoms with Gasteiger partial charge in [-0.15, -0.1) is 0 Å². The number of likely N-dealkylation sites (tertiary alicyclic amines) is 1. The van der Waals surface area contributed by atoms with Crippen LogP contribution < -0.4 is 5.32 Å². The average molecular weight is 847 g/mol. The lowest BCUT2D eigenvalue weighted by molar-refractivity contribution is -0.149.